The summed E-state index contributed by atoms with van der Waals surface area (Å²) in [5.74, 6) is 0.446. The van der Waals surface area contributed by atoms with E-state index < -0.39 is 0 Å². The molecule has 7 nitrogen and oxygen atoms in total. The van der Waals surface area contributed by atoms with Gasteiger partial charge in [0.05, 0.1) is 30.9 Å². The molecule has 178 valence electrons. The van der Waals surface area contributed by atoms with E-state index >= 15 is 0 Å². The zero-order chi connectivity index (χ0) is 23.7. The lowest BCUT2D eigenvalue weighted by Gasteiger charge is -2.38. The Balaban J connectivity index is 1.16. The number of carbonyl (C=O) groups excluding carboxylic acids is 1. The first kappa shape index (κ1) is 22.9. The van der Waals surface area contributed by atoms with Crippen molar-refractivity contribution in [2.45, 2.75) is 32.5 Å². The molecule has 0 aliphatic carbocycles. The molecule has 2 aromatic rings. The van der Waals surface area contributed by atoms with Crippen LogP contribution in [0.15, 0.2) is 24.3 Å². The predicted molar refractivity (Wildman–Crippen MR) is 127 cm³/mol. The highest BCUT2D eigenvalue weighted by molar-refractivity contribution is 5.93. The van der Waals surface area contributed by atoms with E-state index in [1.165, 1.54) is 11.1 Å². The number of hydrogen-bond donors (Lipinski definition) is 0. The average molecular weight is 462 g/mol. The van der Waals surface area contributed by atoms with Gasteiger partial charge in [0, 0.05) is 44.8 Å². The van der Waals surface area contributed by atoms with Crippen molar-refractivity contribution < 1.29 is 19.0 Å². The molecule has 0 aromatic heterocycles. The Morgan fingerprint density at radius 1 is 1.12 bits per heavy atom. The van der Waals surface area contributed by atoms with Gasteiger partial charge in [0.25, 0.3) is 0 Å². The zero-order valence-corrected chi connectivity index (χ0v) is 19.9. The minimum atomic E-state index is -0.201. The molecule has 1 saturated heterocycles. The molecule has 3 aliphatic rings. The second-order valence-electron chi connectivity index (χ2n) is 9.28. The number of rotatable bonds is 6. The van der Waals surface area contributed by atoms with Crippen LogP contribution in [0.25, 0.3) is 0 Å². The van der Waals surface area contributed by atoms with E-state index in [0.717, 1.165) is 74.4 Å². The quantitative estimate of drug-likeness (QED) is 0.612. The number of nitriles is 1. The van der Waals surface area contributed by atoms with Gasteiger partial charge in [-0.05, 0) is 54.2 Å². The van der Waals surface area contributed by atoms with Gasteiger partial charge in [-0.2, -0.15) is 5.26 Å². The molecule has 3 heterocycles. The van der Waals surface area contributed by atoms with Crippen molar-refractivity contribution in [2.75, 3.05) is 53.0 Å². The van der Waals surface area contributed by atoms with Crippen LogP contribution in [-0.2, 0) is 28.9 Å². The molecule has 0 saturated carbocycles. The summed E-state index contributed by atoms with van der Waals surface area (Å²) in [6.07, 6.45) is 1.72. The van der Waals surface area contributed by atoms with E-state index in [4.69, 9.17) is 14.2 Å². The van der Waals surface area contributed by atoms with Crippen LogP contribution < -0.4 is 4.74 Å². The summed E-state index contributed by atoms with van der Waals surface area (Å²) < 4.78 is 16.7. The standard InChI is InChI=1S/C27H31N3O4/c1-18-19(3-4-22-24(18)17-34-27(22)31)7-9-29-10-12-30(13-11-29)16-26-21-5-6-25(32-2)23(15-28)20(21)8-14-33-26/h3-6,26H,7-14,16-17H2,1-2H3. The molecule has 2 aromatic carbocycles. The van der Waals surface area contributed by atoms with Gasteiger partial charge in [-0.25, -0.2) is 4.79 Å². The van der Waals surface area contributed by atoms with Gasteiger partial charge >= 0.3 is 5.97 Å². The zero-order valence-electron chi connectivity index (χ0n) is 19.9. The van der Waals surface area contributed by atoms with Gasteiger partial charge in [0.15, 0.2) is 0 Å². The van der Waals surface area contributed by atoms with E-state index in [1.54, 1.807) is 7.11 Å². The van der Waals surface area contributed by atoms with Crippen LogP contribution in [0.1, 0.15) is 49.8 Å². The monoisotopic (exact) mass is 461 g/mol. The van der Waals surface area contributed by atoms with Crippen molar-refractivity contribution in [3.05, 3.63) is 63.2 Å². The minimum Gasteiger partial charge on any atom is -0.495 e. The third-order valence-electron chi connectivity index (χ3n) is 7.53. The van der Waals surface area contributed by atoms with Gasteiger partial charge in [-0.15, -0.1) is 0 Å². The van der Waals surface area contributed by atoms with Crippen LogP contribution in [0.4, 0.5) is 0 Å². The maximum absolute atomic E-state index is 11.8. The van der Waals surface area contributed by atoms with Gasteiger partial charge in [-0.1, -0.05) is 12.1 Å². The predicted octanol–water partition coefficient (Wildman–Crippen LogP) is 3.02. The van der Waals surface area contributed by atoms with Crippen molar-refractivity contribution >= 4 is 5.97 Å². The lowest BCUT2D eigenvalue weighted by atomic mass is 9.92. The molecule has 0 radical (unpaired) electrons. The van der Waals surface area contributed by atoms with Crippen molar-refractivity contribution in [2.24, 2.45) is 0 Å². The third-order valence-corrected chi connectivity index (χ3v) is 7.53. The van der Waals surface area contributed by atoms with E-state index in [9.17, 15) is 10.1 Å². The van der Waals surface area contributed by atoms with Gasteiger partial charge < -0.3 is 19.1 Å². The normalized spacial score (nSPS) is 20.4. The van der Waals surface area contributed by atoms with E-state index in [-0.39, 0.29) is 12.1 Å². The summed E-state index contributed by atoms with van der Waals surface area (Å²) in [6, 6.07) is 10.3. The molecule has 0 amide bonds. The molecule has 1 atom stereocenters. The molecule has 7 heteroatoms. The first-order chi connectivity index (χ1) is 16.6. The fraction of sp³-hybridized carbons (Fsp3) is 0.481. The van der Waals surface area contributed by atoms with Crippen LogP contribution >= 0.6 is 0 Å². The maximum Gasteiger partial charge on any atom is 0.338 e. The molecule has 0 bridgehead atoms. The number of benzene rings is 2. The van der Waals surface area contributed by atoms with Gasteiger partial charge in [-0.3, -0.25) is 4.90 Å². The highest BCUT2D eigenvalue weighted by atomic mass is 16.5. The first-order valence-electron chi connectivity index (χ1n) is 12.0. The van der Waals surface area contributed by atoms with Crippen LogP contribution in [0.5, 0.6) is 5.75 Å². The lowest BCUT2D eigenvalue weighted by Crippen LogP contribution is -2.48. The van der Waals surface area contributed by atoms with Gasteiger partial charge in [0.2, 0.25) is 0 Å². The summed E-state index contributed by atoms with van der Waals surface area (Å²) in [5, 5.41) is 9.64. The van der Waals surface area contributed by atoms with E-state index in [0.29, 0.717) is 24.5 Å². The van der Waals surface area contributed by atoms with Crippen LogP contribution in [0.3, 0.4) is 0 Å². The molecule has 1 unspecified atom stereocenters. The molecule has 1 fully saturated rings. The summed E-state index contributed by atoms with van der Waals surface area (Å²) in [5.41, 5.74) is 7.13. The number of esters is 1. The Hall–Kier alpha value is -2.92. The van der Waals surface area contributed by atoms with Crippen molar-refractivity contribution in [3.63, 3.8) is 0 Å². The number of methoxy groups -OCH3 is 1. The molecule has 34 heavy (non-hydrogen) atoms. The molecular formula is C27H31N3O4. The highest BCUT2D eigenvalue weighted by Gasteiger charge is 2.28. The molecule has 0 spiro atoms. The highest BCUT2D eigenvalue weighted by Crippen LogP contribution is 2.34. The largest absolute Gasteiger partial charge is 0.495 e. The fourth-order valence-electron chi connectivity index (χ4n) is 5.43. The molecule has 3 aliphatic heterocycles. The van der Waals surface area contributed by atoms with E-state index in [2.05, 4.69) is 34.9 Å². The number of hydrogen-bond acceptors (Lipinski definition) is 7. The van der Waals surface area contributed by atoms with Crippen LogP contribution in [0.2, 0.25) is 0 Å². The summed E-state index contributed by atoms with van der Waals surface area (Å²) in [7, 11) is 1.61. The Labute approximate surface area is 200 Å². The van der Waals surface area contributed by atoms with Crippen molar-refractivity contribution in [1.82, 2.24) is 9.80 Å². The summed E-state index contributed by atoms with van der Waals surface area (Å²) in [6.45, 7) is 9.05. The number of cyclic esters (lactones) is 1. The van der Waals surface area contributed by atoms with Crippen molar-refractivity contribution in [1.29, 1.82) is 5.26 Å². The molecule has 0 N–H and O–H groups in total. The lowest BCUT2D eigenvalue weighted by molar-refractivity contribution is 0.00457. The van der Waals surface area contributed by atoms with Crippen molar-refractivity contribution in [3.8, 4) is 11.8 Å². The maximum atomic E-state index is 11.8. The molecule has 5 rings (SSSR count). The second kappa shape index (κ2) is 9.75. The summed E-state index contributed by atoms with van der Waals surface area (Å²) >= 11 is 0. The number of fused-ring (bicyclic) bond motifs is 2. The number of nitrogens with zero attached hydrogens (tertiary/aromatic N) is 3. The average Bonchev–Trinajstić information content (AvgIpc) is 3.25. The Kier molecular flexibility index (Phi) is 6.55. The van der Waals surface area contributed by atoms with Crippen LogP contribution in [-0.4, -0.2) is 68.8 Å². The first-order valence-corrected chi connectivity index (χ1v) is 12.0. The fourth-order valence-corrected chi connectivity index (χ4v) is 5.43. The topological polar surface area (TPSA) is 75.0 Å². The minimum absolute atomic E-state index is 0.00713. The SMILES string of the molecule is COc1ccc2c(c1C#N)CCOC2CN1CCN(CCc2ccc3c(c2C)COC3=O)CC1. The third kappa shape index (κ3) is 4.29. The number of carbonyl (C=O) groups is 1. The summed E-state index contributed by atoms with van der Waals surface area (Å²) in [4.78, 5) is 16.8. The Morgan fingerprint density at radius 3 is 2.68 bits per heavy atom. The second-order valence-corrected chi connectivity index (χ2v) is 9.28. The number of piperazine rings is 1. The Bertz CT molecular complexity index is 1130. The van der Waals surface area contributed by atoms with Gasteiger partial charge in [0.1, 0.15) is 18.4 Å². The molecular weight excluding hydrogens is 430 g/mol. The Morgan fingerprint density at radius 2 is 1.91 bits per heavy atom. The van der Waals surface area contributed by atoms with Crippen LogP contribution in [0, 0.1) is 18.3 Å². The van der Waals surface area contributed by atoms with E-state index in [1.807, 2.05) is 12.1 Å². The number of ether oxygens (including phenoxy) is 3. The smallest absolute Gasteiger partial charge is 0.338 e.